The molecular weight excluding hydrogens is 447 g/mol. The Morgan fingerprint density at radius 2 is 1.35 bits per heavy atom. The van der Waals surface area contributed by atoms with Gasteiger partial charge in [0, 0.05) is 44.4 Å². The van der Waals surface area contributed by atoms with Crippen LogP contribution in [0.4, 0.5) is 17.1 Å². The van der Waals surface area contributed by atoms with Gasteiger partial charge in [-0.05, 0) is 63.9 Å². The molecule has 3 heterocycles. The molecule has 37 heavy (non-hydrogen) atoms. The van der Waals surface area contributed by atoms with E-state index >= 15 is 0 Å². The molecule has 8 rings (SSSR count). The van der Waals surface area contributed by atoms with Crippen molar-refractivity contribution in [3.63, 3.8) is 0 Å². The van der Waals surface area contributed by atoms with E-state index in [1.54, 1.807) is 0 Å². The SMILES string of the molecule is CC(C)(C)c1ccc2c(c1)c1cccc3c1n2B1c2ccccc2N(c2ccccc2)c2cccc-3c21. The third-order valence-electron chi connectivity index (χ3n) is 8.32. The first-order valence-electron chi connectivity index (χ1n) is 13.2. The molecule has 0 bridgehead atoms. The van der Waals surface area contributed by atoms with E-state index in [0.29, 0.717) is 0 Å². The van der Waals surface area contributed by atoms with E-state index in [-0.39, 0.29) is 12.3 Å². The zero-order chi connectivity index (χ0) is 24.9. The van der Waals surface area contributed by atoms with Gasteiger partial charge in [-0.3, -0.25) is 0 Å². The van der Waals surface area contributed by atoms with Crippen LogP contribution in [0, 0.1) is 0 Å². The van der Waals surface area contributed by atoms with Crippen LogP contribution < -0.4 is 15.8 Å². The molecule has 5 aromatic carbocycles. The summed E-state index contributed by atoms with van der Waals surface area (Å²) in [5.41, 5.74) is 13.3. The van der Waals surface area contributed by atoms with Gasteiger partial charge in [0.25, 0.3) is 0 Å². The summed E-state index contributed by atoms with van der Waals surface area (Å²) in [6.07, 6.45) is 0. The second kappa shape index (κ2) is 7.17. The van der Waals surface area contributed by atoms with Crippen molar-refractivity contribution in [3.05, 3.63) is 115 Å². The van der Waals surface area contributed by atoms with E-state index in [1.165, 1.54) is 66.5 Å². The van der Waals surface area contributed by atoms with Crippen molar-refractivity contribution in [2.45, 2.75) is 26.2 Å². The van der Waals surface area contributed by atoms with Gasteiger partial charge < -0.3 is 9.38 Å². The minimum absolute atomic E-state index is 0.101. The molecule has 0 N–H and O–H groups in total. The van der Waals surface area contributed by atoms with Crippen LogP contribution in [0.25, 0.3) is 32.9 Å². The van der Waals surface area contributed by atoms with Crippen LogP contribution in [0.2, 0.25) is 0 Å². The highest BCUT2D eigenvalue weighted by Crippen LogP contribution is 2.45. The van der Waals surface area contributed by atoms with Crippen molar-refractivity contribution in [1.82, 2.24) is 4.48 Å². The zero-order valence-corrected chi connectivity index (χ0v) is 21.4. The van der Waals surface area contributed by atoms with Gasteiger partial charge in [-0.1, -0.05) is 93.6 Å². The van der Waals surface area contributed by atoms with Gasteiger partial charge in [-0.2, -0.15) is 0 Å². The smallest absolute Gasteiger partial charge is 0.333 e. The fourth-order valence-corrected chi connectivity index (χ4v) is 6.66. The zero-order valence-electron chi connectivity index (χ0n) is 21.4. The van der Waals surface area contributed by atoms with E-state index in [4.69, 9.17) is 0 Å². The Morgan fingerprint density at radius 1 is 0.622 bits per heavy atom. The Morgan fingerprint density at radius 3 is 2.19 bits per heavy atom. The predicted octanol–water partition coefficient (Wildman–Crippen LogP) is 7.51. The van der Waals surface area contributed by atoms with E-state index in [2.05, 4.69) is 139 Å². The number of aromatic nitrogens is 1. The molecule has 0 unspecified atom stereocenters. The van der Waals surface area contributed by atoms with Crippen LogP contribution in [0.3, 0.4) is 0 Å². The minimum atomic E-state index is 0.101. The number of benzene rings is 5. The fourth-order valence-electron chi connectivity index (χ4n) is 6.66. The van der Waals surface area contributed by atoms with Crippen molar-refractivity contribution in [2.24, 2.45) is 0 Å². The lowest BCUT2D eigenvalue weighted by molar-refractivity contribution is 0.591. The normalized spacial score (nSPS) is 13.7. The molecule has 2 aliphatic rings. The molecule has 176 valence electrons. The average molecular weight is 474 g/mol. The second-order valence-electron chi connectivity index (χ2n) is 11.4. The van der Waals surface area contributed by atoms with Crippen molar-refractivity contribution >= 4 is 56.6 Å². The maximum atomic E-state index is 2.62. The predicted molar refractivity (Wildman–Crippen MR) is 159 cm³/mol. The van der Waals surface area contributed by atoms with Crippen molar-refractivity contribution in [1.29, 1.82) is 0 Å². The summed E-state index contributed by atoms with van der Waals surface area (Å²) in [7, 11) is 0. The van der Waals surface area contributed by atoms with E-state index < -0.39 is 0 Å². The molecule has 3 heteroatoms. The molecule has 0 saturated heterocycles. The summed E-state index contributed by atoms with van der Waals surface area (Å²) in [6.45, 7) is 7.02. The van der Waals surface area contributed by atoms with Crippen LogP contribution in [0.1, 0.15) is 26.3 Å². The summed E-state index contributed by atoms with van der Waals surface area (Å²) in [4.78, 5) is 2.44. The summed E-state index contributed by atoms with van der Waals surface area (Å²) in [5, 5.41) is 2.69. The number of rotatable bonds is 1. The first-order chi connectivity index (χ1) is 18.0. The lowest BCUT2D eigenvalue weighted by atomic mass is 9.45. The quantitative estimate of drug-likeness (QED) is 0.224. The molecule has 0 aliphatic carbocycles. The van der Waals surface area contributed by atoms with Gasteiger partial charge >= 0.3 is 6.85 Å². The number of para-hydroxylation sites is 3. The molecular formula is C34H27BN2. The van der Waals surface area contributed by atoms with E-state index in [1.807, 2.05) is 0 Å². The third kappa shape index (κ3) is 2.72. The lowest BCUT2D eigenvalue weighted by Crippen LogP contribution is -2.56. The third-order valence-corrected chi connectivity index (χ3v) is 8.32. The van der Waals surface area contributed by atoms with Gasteiger partial charge in [0.1, 0.15) is 0 Å². The average Bonchev–Trinajstić information content (AvgIpc) is 3.25. The lowest BCUT2D eigenvalue weighted by Gasteiger charge is -2.40. The molecule has 6 aromatic rings. The molecule has 2 nitrogen and oxygen atoms in total. The number of hydrogen-bond donors (Lipinski definition) is 0. The van der Waals surface area contributed by atoms with Gasteiger partial charge in [-0.15, -0.1) is 0 Å². The van der Waals surface area contributed by atoms with Crippen LogP contribution >= 0.6 is 0 Å². The Bertz CT molecular complexity index is 1870. The van der Waals surface area contributed by atoms with Gasteiger partial charge in [-0.25, -0.2) is 0 Å². The van der Waals surface area contributed by atoms with Crippen molar-refractivity contribution in [3.8, 4) is 11.1 Å². The molecule has 0 atom stereocenters. The highest BCUT2D eigenvalue weighted by molar-refractivity contribution is 6.90. The Balaban J connectivity index is 1.53. The largest absolute Gasteiger partial charge is 0.375 e. The van der Waals surface area contributed by atoms with Gasteiger partial charge in [0.2, 0.25) is 0 Å². The van der Waals surface area contributed by atoms with Crippen molar-refractivity contribution < 1.29 is 0 Å². The number of fused-ring (bicyclic) bond motifs is 7. The topological polar surface area (TPSA) is 8.17 Å². The molecule has 2 aliphatic heterocycles. The molecule has 0 amide bonds. The highest BCUT2D eigenvalue weighted by Gasteiger charge is 2.42. The maximum absolute atomic E-state index is 2.62. The van der Waals surface area contributed by atoms with Crippen LogP contribution in [0.5, 0.6) is 0 Å². The van der Waals surface area contributed by atoms with E-state index in [0.717, 1.165) is 0 Å². The minimum Gasteiger partial charge on any atom is -0.375 e. The summed E-state index contributed by atoms with van der Waals surface area (Å²) >= 11 is 0. The molecule has 0 fully saturated rings. The summed E-state index contributed by atoms with van der Waals surface area (Å²) in [6, 6.07) is 40.5. The molecule has 1 aromatic heterocycles. The molecule has 0 radical (unpaired) electrons. The Hall–Kier alpha value is -4.24. The first kappa shape index (κ1) is 20.9. The summed E-state index contributed by atoms with van der Waals surface area (Å²) in [5.74, 6) is 0. The van der Waals surface area contributed by atoms with E-state index in [9.17, 15) is 0 Å². The first-order valence-corrected chi connectivity index (χ1v) is 13.2. The second-order valence-corrected chi connectivity index (χ2v) is 11.4. The Labute approximate surface area is 217 Å². The van der Waals surface area contributed by atoms with Gasteiger partial charge in [0.15, 0.2) is 0 Å². The monoisotopic (exact) mass is 474 g/mol. The Kier molecular flexibility index (Phi) is 4.05. The van der Waals surface area contributed by atoms with Gasteiger partial charge in [0.05, 0.1) is 0 Å². The van der Waals surface area contributed by atoms with Crippen LogP contribution in [0.15, 0.2) is 109 Å². The van der Waals surface area contributed by atoms with Crippen LogP contribution in [-0.2, 0) is 5.41 Å². The van der Waals surface area contributed by atoms with Crippen molar-refractivity contribution in [2.75, 3.05) is 4.90 Å². The van der Waals surface area contributed by atoms with Crippen LogP contribution in [-0.4, -0.2) is 11.3 Å². The molecule has 0 spiro atoms. The number of hydrogen-bond acceptors (Lipinski definition) is 1. The molecule has 0 saturated carbocycles. The number of nitrogens with zero attached hydrogens (tertiary/aromatic N) is 2. The fraction of sp³-hybridized carbons (Fsp3) is 0.118. The standard InChI is InChI=1S/C34H27BN2/c1-34(2,3)22-19-20-29-27(21-22)26-15-9-14-25-24-13-10-18-31-32(24)35(37(29)33(25)26)28-16-7-8-17-30(28)36(31)23-11-5-4-6-12-23/h4-21H,1-3H3. The number of anilines is 3. The highest BCUT2D eigenvalue weighted by atomic mass is 15.2. The maximum Gasteiger partial charge on any atom is 0.333 e. The summed E-state index contributed by atoms with van der Waals surface area (Å²) < 4.78 is 2.62.